The lowest BCUT2D eigenvalue weighted by Crippen LogP contribution is -2.45. The molecule has 2 amide bonds. The maximum absolute atomic E-state index is 12.7. The van der Waals surface area contributed by atoms with Crippen LogP contribution in [0.25, 0.3) is 0 Å². The van der Waals surface area contributed by atoms with Crippen LogP contribution in [-0.2, 0) is 11.2 Å². The van der Waals surface area contributed by atoms with Gasteiger partial charge >= 0.3 is 0 Å². The Balaban J connectivity index is 1.32. The van der Waals surface area contributed by atoms with Crippen LogP contribution in [0.3, 0.4) is 0 Å². The highest BCUT2D eigenvalue weighted by Crippen LogP contribution is 2.41. The molecule has 7 heteroatoms. The van der Waals surface area contributed by atoms with E-state index in [0.29, 0.717) is 16.9 Å². The molecule has 2 aliphatic rings. The molecule has 0 unspecified atom stereocenters. The van der Waals surface area contributed by atoms with Gasteiger partial charge < -0.3 is 19.0 Å². The van der Waals surface area contributed by atoms with Crippen LogP contribution in [0.2, 0.25) is 0 Å². The van der Waals surface area contributed by atoms with E-state index in [9.17, 15) is 9.59 Å². The summed E-state index contributed by atoms with van der Waals surface area (Å²) in [5.41, 5.74) is 1.09. The van der Waals surface area contributed by atoms with E-state index in [1.807, 2.05) is 34.1 Å². The molecule has 1 aromatic heterocycles. The fourth-order valence-electron chi connectivity index (χ4n) is 4.40. The summed E-state index contributed by atoms with van der Waals surface area (Å²) < 4.78 is 11.2. The molecule has 2 fully saturated rings. The predicted octanol–water partition coefficient (Wildman–Crippen LogP) is 3.75. The van der Waals surface area contributed by atoms with Crippen LogP contribution in [0.5, 0.6) is 5.75 Å². The van der Waals surface area contributed by atoms with Crippen LogP contribution in [0, 0.1) is 5.41 Å². The number of benzene rings is 1. The van der Waals surface area contributed by atoms with Gasteiger partial charge in [0.15, 0.2) is 10.4 Å². The fraction of sp³-hybridized carbons (Fsp3) is 0.455. The monoisotopic (exact) mass is 460 g/mol. The first-order valence-electron chi connectivity index (χ1n) is 9.93. The van der Waals surface area contributed by atoms with Gasteiger partial charge in [-0.15, -0.1) is 0 Å². The molecule has 2 saturated heterocycles. The maximum atomic E-state index is 12.7. The van der Waals surface area contributed by atoms with E-state index in [1.165, 1.54) is 0 Å². The van der Waals surface area contributed by atoms with Gasteiger partial charge in [0.25, 0.3) is 5.91 Å². The highest BCUT2D eigenvalue weighted by atomic mass is 79.9. The van der Waals surface area contributed by atoms with Crippen molar-refractivity contribution in [2.75, 3.05) is 33.3 Å². The number of piperidine rings is 1. The summed E-state index contributed by atoms with van der Waals surface area (Å²) in [7, 11) is 1.63. The quantitative estimate of drug-likeness (QED) is 0.696. The molecule has 0 saturated carbocycles. The van der Waals surface area contributed by atoms with Crippen LogP contribution in [0.1, 0.15) is 35.4 Å². The molecule has 0 radical (unpaired) electrons. The molecule has 6 nitrogen and oxygen atoms in total. The summed E-state index contributed by atoms with van der Waals surface area (Å²) in [6, 6.07) is 11.1. The Labute approximate surface area is 178 Å². The molecule has 154 valence electrons. The number of hydrogen-bond acceptors (Lipinski definition) is 4. The third-order valence-corrected chi connectivity index (χ3v) is 6.60. The van der Waals surface area contributed by atoms with Crippen molar-refractivity contribution in [3.8, 4) is 5.75 Å². The first-order chi connectivity index (χ1) is 14.0. The van der Waals surface area contributed by atoms with Gasteiger partial charge in [-0.05, 0) is 70.4 Å². The Hall–Kier alpha value is -2.28. The summed E-state index contributed by atoms with van der Waals surface area (Å²) in [5, 5.41) is 0. The van der Waals surface area contributed by atoms with Gasteiger partial charge in [0, 0.05) is 26.2 Å². The van der Waals surface area contributed by atoms with Crippen molar-refractivity contribution in [2.45, 2.75) is 25.7 Å². The Morgan fingerprint density at radius 3 is 2.48 bits per heavy atom. The van der Waals surface area contributed by atoms with Gasteiger partial charge in [-0.2, -0.15) is 0 Å². The van der Waals surface area contributed by atoms with Gasteiger partial charge in [-0.3, -0.25) is 9.59 Å². The molecule has 1 spiro atoms. The van der Waals surface area contributed by atoms with Crippen LogP contribution in [0.15, 0.2) is 45.5 Å². The number of ether oxygens (including phenoxy) is 1. The van der Waals surface area contributed by atoms with E-state index < -0.39 is 0 Å². The molecule has 0 aliphatic carbocycles. The average Bonchev–Trinajstić information content (AvgIpc) is 3.35. The molecule has 3 heterocycles. The lowest BCUT2D eigenvalue weighted by molar-refractivity contribution is -0.132. The third-order valence-electron chi connectivity index (χ3n) is 6.18. The molecule has 2 aliphatic heterocycles. The van der Waals surface area contributed by atoms with Gasteiger partial charge in [-0.25, -0.2) is 0 Å². The lowest BCUT2D eigenvalue weighted by Gasteiger charge is -2.39. The number of rotatable bonds is 4. The van der Waals surface area contributed by atoms with E-state index in [0.717, 1.165) is 56.8 Å². The number of furan rings is 1. The Morgan fingerprint density at radius 1 is 1.10 bits per heavy atom. The largest absolute Gasteiger partial charge is 0.497 e. The van der Waals surface area contributed by atoms with Crippen molar-refractivity contribution in [3.63, 3.8) is 0 Å². The van der Waals surface area contributed by atoms with Crippen molar-refractivity contribution < 1.29 is 18.7 Å². The SMILES string of the molecule is COc1cccc(CC(=O)N2CCC3(CC2)CCN(C(=O)c2ccc(Br)o2)C3)c1. The van der Waals surface area contributed by atoms with Gasteiger partial charge in [0.05, 0.1) is 13.5 Å². The number of halogens is 1. The summed E-state index contributed by atoms with van der Waals surface area (Å²) in [6.07, 6.45) is 3.24. The van der Waals surface area contributed by atoms with E-state index in [4.69, 9.17) is 9.15 Å². The molecule has 4 rings (SSSR count). The summed E-state index contributed by atoms with van der Waals surface area (Å²) in [6.45, 7) is 2.98. The standard InChI is InChI=1S/C22H25BrN2O4/c1-28-17-4-2-3-16(13-17)14-20(26)24-10-7-22(8-11-24)9-12-25(15-22)21(27)18-5-6-19(23)29-18/h2-6,13H,7-12,14-15H2,1H3. The molecule has 0 atom stereocenters. The maximum Gasteiger partial charge on any atom is 0.289 e. The van der Waals surface area contributed by atoms with E-state index in [2.05, 4.69) is 15.9 Å². The first kappa shape index (κ1) is 20.0. The minimum absolute atomic E-state index is 0.0518. The number of carbonyl (C=O) groups excluding carboxylic acids is 2. The Kier molecular flexibility index (Phi) is 5.67. The summed E-state index contributed by atoms with van der Waals surface area (Å²) in [4.78, 5) is 29.2. The Morgan fingerprint density at radius 2 is 1.83 bits per heavy atom. The minimum Gasteiger partial charge on any atom is -0.497 e. The fourth-order valence-corrected chi connectivity index (χ4v) is 4.71. The molecule has 0 bridgehead atoms. The number of likely N-dealkylation sites (tertiary alicyclic amines) is 2. The second kappa shape index (κ2) is 8.22. The number of methoxy groups -OCH3 is 1. The van der Waals surface area contributed by atoms with Crippen molar-refractivity contribution in [1.82, 2.24) is 9.80 Å². The van der Waals surface area contributed by atoms with Gasteiger partial charge in [0.1, 0.15) is 5.75 Å². The smallest absolute Gasteiger partial charge is 0.289 e. The lowest BCUT2D eigenvalue weighted by atomic mass is 9.77. The van der Waals surface area contributed by atoms with Crippen molar-refractivity contribution in [2.24, 2.45) is 5.41 Å². The predicted molar refractivity (Wildman–Crippen MR) is 112 cm³/mol. The molecule has 29 heavy (non-hydrogen) atoms. The number of nitrogens with zero attached hydrogens (tertiary/aromatic N) is 2. The molecule has 0 N–H and O–H groups in total. The normalized spacial score (nSPS) is 18.3. The Bertz CT molecular complexity index is 902. The highest BCUT2D eigenvalue weighted by Gasteiger charge is 2.43. The van der Waals surface area contributed by atoms with Crippen LogP contribution in [-0.4, -0.2) is 54.9 Å². The first-order valence-corrected chi connectivity index (χ1v) is 10.7. The second-order valence-electron chi connectivity index (χ2n) is 7.99. The zero-order chi connectivity index (χ0) is 20.4. The molecule has 1 aromatic carbocycles. The summed E-state index contributed by atoms with van der Waals surface area (Å²) >= 11 is 3.25. The zero-order valence-corrected chi connectivity index (χ0v) is 18.1. The van der Waals surface area contributed by atoms with Crippen LogP contribution >= 0.6 is 15.9 Å². The minimum atomic E-state index is -0.0518. The number of hydrogen-bond donors (Lipinski definition) is 0. The van der Waals surface area contributed by atoms with Crippen molar-refractivity contribution in [3.05, 3.63) is 52.4 Å². The molecular weight excluding hydrogens is 436 g/mol. The van der Waals surface area contributed by atoms with Crippen molar-refractivity contribution in [1.29, 1.82) is 0 Å². The molecule has 2 aromatic rings. The van der Waals surface area contributed by atoms with Crippen LogP contribution in [0.4, 0.5) is 0 Å². The van der Waals surface area contributed by atoms with Gasteiger partial charge in [-0.1, -0.05) is 12.1 Å². The van der Waals surface area contributed by atoms with Crippen LogP contribution < -0.4 is 4.74 Å². The average molecular weight is 461 g/mol. The van der Waals surface area contributed by atoms with Crippen molar-refractivity contribution >= 4 is 27.7 Å². The number of carbonyl (C=O) groups is 2. The molecular formula is C22H25BrN2O4. The highest BCUT2D eigenvalue weighted by molar-refractivity contribution is 9.10. The van der Waals surface area contributed by atoms with Gasteiger partial charge in [0.2, 0.25) is 5.91 Å². The zero-order valence-electron chi connectivity index (χ0n) is 16.5. The second-order valence-corrected chi connectivity index (χ2v) is 8.77. The van der Waals surface area contributed by atoms with E-state index >= 15 is 0 Å². The topological polar surface area (TPSA) is 63.0 Å². The van der Waals surface area contributed by atoms with E-state index in [-0.39, 0.29) is 17.2 Å². The third kappa shape index (κ3) is 4.34. The van der Waals surface area contributed by atoms with E-state index in [1.54, 1.807) is 19.2 Å². The number of amides is 2. The summed E-state index contributed by atoms with van der Waals surface area (Å²) in [5.74, 6) is 1.25.